The molecule has 0 aliphatic carbocycles. The molecule has 20 heavy (non-hydrogen) atoms. The zero-order valence-electron chi connectivity index (χ0n) is 11.4. The van der Waals surface area contributed by atoms with E-state index in [1.54, 1.807) is 44.6 Å². The third-order valence-corrected chi connectivity index (χ3v) is 4.55. The topological polar surface area (TPSA) is 84.1 Å². The van der Waals surface area contributed by atoms with Crippen molar-refractivity contribution in [2.75, 3.05) is 13.7 Å². The molecule has 0 unspecified atom stereocenters. The van der Waals surface area contributed by atoms with Gasteiger partial charge in [-0.25, -0.2) is 13.1 Å². The lowest BCUT2D eigenvalue weighted by Gasteiger charge is -2.10. The highest BCUT2D eigenvalue weighted by Gasteiger charge is 2.16. The molecule has 2 aromatic rings. The molecule has 0 aliphatic heterocycles. The fourth-order valence-corrected chi connectivity index (χ4v) is 3.13. The monoisotopic (exact) mass is 295 g/mol. The number of methoxy groups -OCH3 is 1. The van der Waals surface area contributed by atoms with Crippen molar-refractivity contribution in [3.05, 3.63) is 41.7 Å². The van der Waals surface area contributed by atoms with Gasteiger partial charge in [-0.05, 0) is 42.7 Å². The molecule has 0 spiro atoms. The molecule has 2 rings (SSSR count). The number of hydrogen-bond donors (Lipinski definition) is 2. The minimum absolute atomic E-state index is 0.269. The molecule has 1 heterocycles. The van der Waals surface area contributed by atoms with Gasteiger partial charge in [0.2, 0.25) is 10.0 Å². The first kappa shape index (κ1) is 14.5. The Morgan fingerprint density at radius 3 is 2.80 bits per heavy atom. The van der Waals surface area contributed by atoms with E-state index in [2.05, 4.69) is 14.9 Å². The van der Waals surface area contributed by atoms with E-state index in [-0.39, 0.29) is 4.90 Å². The van der Waals surface area contributed by atoms with Crippen LogP contribution in [0.5, 0.6) is 5.75 Å². The Bertz CT molecular complexity index is 666. The van der Waals surface area contributed by atoms with Crippen LogP contribution in [-0.2, 0) is 16.4 Å². The van der Waals surface area contributed by atoms with E-state index < -0.39 is 10.0 Å². The summed E-state index contributed by atoms with van der Waals surface area (Å²) in [7, 11) is -1.96. The molecule has 1 aromatic heterocycles. The average molecular weight is 295 g/mol. The van der Waals surface area contributed by atoms with E-state index >= 15 is 0 Å². The predicted octanol–water partition coefficient (Wildman–Crippen LogP) is 1.25. The number of aryl methyl sites for hydroxylation is 1. The van der Waals surface area contributed by atoms with Crippen LogP contribution in [-0.4, -0.2) is 32.3 Å². The second kappa shape index (κ2) is 6.06. The Morgan fingerprint density at radius 2 is 2.20 bits per heavy atom. The van der Waals surface area contributed by atoms with Crippen LogP contribution in [0.4, 0.5) is 0 Å². The van der Waals surface area contributed by atoms with Crippen molar-refractivity contribution in [2.45, 2.75) is 18.2 Å². The molecular weight excluding hydrogens is 278 g/mol. The summed E-state index contributed by atoms with van der Waals surface area (Å²) >= 11 is 0. The van der Waals surface area contributed by atoms with Gasteiger partial charge in [-0.2, -0.15) is 5.10 Å². The third kappa shape index (κ3) is 3.37. The first-order valence-electron chi connectivity index (χ1n) is 6.15. The Hall–Kier alpha value is -1.86. The summed E-state index contributed by atoms with van der Waals surface area (Å²) in [6.07, 6.45) is 4.00. The largest absolute Gasteiger partial charge is 0.497 e. The number of nitrogens with zero attached hydrogens (tertiary/aromatic N) is 1. The molecule has 0 fully saturated rings. The van der Waals surface area contributed by atoms with Gasteiger partial charge in [0.15, 0.2) is 0 Å². The molecule has 0 bridgehead atoms. The van der Waals surface area contributed by atoms with Crippen LogP contribution in [0.15, 0.2) is 35.5 Å². The van der Waals surface area contributed by atoms with Gasteiger partial charge in [-0.3, -0.25) is 5.10 Å². The lowest BCUT2D eigenvalue weighted by Crippen LogP contribution is -2.26. The van der Waals surface area contributed by atoms with Crippen molar-refractivity contribution < 1.29 is 13.2 Å². The summed E-state index contributed by atoms with van der Waals surface area (Å²) in [5.41, 5.74) is 1.61. The predicted molar refractivity (Wildman–Crippen MR) is 75.2 cm³/mol. The zero-order chi connectivity index (χ0) is 14.6. The molecular formula is C13H17N3O3S. The minimum atomic E-state index is -3.51. The van der Waals surface area contributed by atoms with Gasteiger partial charge in [0, 0.05) is 12.7 Å². The van der Waals surface area contributed by atoms with E-state index in [0.29, 0.717) is 24.3 Å². The molecule has 0 amide bonds. The number of ether oxygens (including phenoxy) is 1. The summed E-state index contributed by atoms with van der Waals surface area (Å²) in [6.45, 7) is 2.07. The van der Waals surface area contributed by atoms with Gasteiger partial charge in [0.1, 0.15) is 5.75 Å². The van der Waals surface area contributed by atoms with Crippen LogP contribution < -0.4 is 9.46 Å². The molecule has 0 saturated carbocycles. The number of rotatable bonds is 6. The van der Waals surface area contributed by atoms with Gasteiger partial charge >= 0.3 is 0 Å². The van der Waals surface area contributed by atoms with E-state index in [1.807, 2.05) is 0 Å². The Morgan fingerprint density at radius 1 is 1.40 bits per heavy atom. The minimum Gasteiger partial charge on any atom is -0.497 e. The van der Waals surface area contributed by atoms with Gasteiger partial charge in [-0.15, -0.1) is 0 Å². The zero-order valence-corrected chi connectivity index (χ0v) is 12.2. The number of benzene rings is 1. The van der Waals surface area contributed by atoms with Crippen LogP contribution in [0, 0.1) is 6.92 Å². The number of aromatic amines is 1. The smallest absolute Gasteiger partial charge is 0.240 e. The Kier molecular flexibility index (Phi) is 4.41. The van der Waals surface area contributed by atoms with Crippen molar-refractivity contribution >= 4 is 10.0 Å². The Balaban J connectivity index is 2.06. The summed E-state index contributed by atoms with van der Waals surface area (Å²) in [6, 6.07) is 4.89. The lowest BCUT2D eigenvalue weighted by molar-refractivity contribution is 0.414. The molecule has 0 radical (unpaired) electrons. The normalized spacial score (nSPS) is 11.5. The second-order valence-corrected chi connectivity index (χ2v) is 6.12. The summed E-state index contributed by atoms with van der Waals surface area (Å²) in [5.74, 6) is 0.639. The highest BCUT2D eigenvalue weighted by Crippen LogP contribution is 2.20. The van der Waals surface area contributed by atoms with Crippen molar-refractivity contribution in [2.24, 2.45) is 0 Å². The third-order valence-electron chi connectivity index (χ3n) is 2.93. The van der Waals surface area contributed by atoms with Crippen LogP contribution in [0.1, 0.15) is 11.1 Å². The summed E-state index contributed by atoms with van der Waals surface area (Å²) < 4.78 is 32.1. The molecule has 6 nitrogen and oxygen atoms in total. The molecule has 7 heteroatoms. The van der Waals surface area contributed by atoms with Crippen molar-refractivity contribution in [3.8, 4) is 5.75 Å². The maximum Gasteiger partial charge on any atom is 0.240 e. The van der Waals surface area contributed by atoms with Gasteiger partial charge < -0.3 is 4.74 Å². The lowest BCUT2D eigenvalue weighted by atomic mass is 10.2. The van der Waals surface area contributed by atoms with E-state index in [1.165, 1.54) is 0 Å². The molecule has 0 aliphatic rings. The maximum atomic E-state index is 12.2. The summed E-state index contributed by atoms with van der Waals surface area (Å²) in [5, 5.41) is 6.50. The Labute approximate surface area is 118 Å². The van der Waals surface area contributed by atoms with E-state index in [4.69, 9.17) is 4.74 Å². The number of hydrogen-bond acceptors (Lipinski definition) is 4. The quantitative estimate of drug-likeness (QED) is 0.840. The first-order chi connectivity index (χ1) is 9.53. The van der Waals surface area contributed by atoms with Gasteiger partial charge in [0.05, 0.1) is 18.2 Å². The fraction of sp³-hybridized carbons (Fsp3) is 0.308. The number of nitrogens with one attached hydrogen (secondary N) is 2. The first-order valence-corrected chi connectivity index (χ1v) is 7.63. The van der Waals surface area contributed by atoms with Gasteiger partial charge in [-0.1, -0.05) is 0 Å². The van der Waals surface area contributed by atoms with Crippen molar-refractivity contribution in [3.63, 3.8) is 0 Å². The second-order valence-electron chi connectivity index (χ2n) is 4.39. The standard InChI is InChI=1S/C13H17N3O3S/c1-10-7-12(19-2)3-4-13(10)20(17,18)16-6-5-11-8-14-15-9-11/h3-4,7-9,16H,5-6H2,1-2H3,(H,14,15). The maximum absolute atomic E-state index is 12.2. The molecule has 0 saturated heterocycles. The molecule has 1 aromatic carbocycles. The molecule has 108 valence electrons. The fourth-order valence-electron chi connectivity index (χ4n) is 1.87. The van der Waals surface area contributed by atoms with E-state index in [9.17, 15) is 8.42 Å². The van der Waals surface area contributed by atoms with Crippen LogP contribution in [0.3, 0.4) is 0 Å². The highest BCUT2D eigenvalue weighted by atomic mass is 32.2. The summed E-state index contributed by atoms with van der Waals surface area (Å²) in [4.78, 5) is 0.269. The van der Waals surface area contributed by atoms with Crippen molar-refractivity contribution in [1.29, 1.82) is 0 Å². The highest BCUT2D eigenvalue weighted by molar-refractivity contribution is 7.89. The average Bonchev–Trinajstić information content (AvgIpc) is 2.91. The molecule has 0 atom stereocenters. The number of H-pyrrole nitrogens is 1. The van der Waals surface area contributed by atoms with Crippen molar-refractivity contribution in [1.82, 2.24) is 14.9 Å². The van der Waals surface area contributed by atoms with Crippen LogP contribution in [0.25, 0.3) is 0 Å². The number of aromatic nitrogens is 2. The van der Waals surface area contributed by atoms with Crippen LogP contribution in [0.2, 0.25) is 0 Å². The van der Waals surface area contributed by atoms with Gasteiger partial charge in [0.25, 0.3) is 0 Å². The SMILES string of the molecule is COc1ccc(S(=O)(=O)NCCc2cn[nH]c2)c(C)c1. The number of sulfonamides is 1. The van der Waals surface area contributed by atoms with E-state index in [0.717, 1.165) is 5.56 Å². The molecule has 2 N–H and O–H groups in total. The van der Waals surface area contributed by atoms with Crippen LogP contribution >= 0.6 is 0 Å².